The summed E-state index contributed by atoms with van der Waals surface area (Å²) in [6.45, 7) is 8.21. The number of benzene rings is 1. The number of amidine groups is 1. The van der Waals surface area contributed by atoms with E-state index < -0.39 is 6.17 Å². The number of hydrogen-bond acceptors (Lipinski definition) is 5. The molecule has 156 valence electrons. The number of hydrogen-bond donors (Lipinski definition) is 2. The fourth-order valence-corrected chi connectivity index (χ4v) is 5.23. The number of aryl methyl sites for hydroxylation is 3. The summed E-state index contributed by atoms with van der Waals surface area (Å²) < 4.78 is 0. The lowest BCUT2D eigenvalue weighted by Crippen LogP contribution is -2.69. The first-order valence-corrected chi connectivity index (χ1v) is 10.7. The largest absolute Gasteiger partial charge is 0.325 e. The molecule has 2 amide bonds. The summed E-state index contributed by atoms with van der Waals surface area (Å²) >= 11 is 0. The predicted molar refractivity (Wildman–Crippen MR) is 114 cm³/mol. The summed E-state index contributed by atoms with van der Waals surface area (Å²) in [5, 5.41) is 7.45. The quantitative estimate of drug-likeness (QED) is 0.819. The minimum Gasteiger partial charge on any atom is -0.325 e. The monoisotopic (exact) mass is 397 g/mol. The van der Waals surface area contributed by atoms with Crippen LogP contribution in [0.1, 0.15) is 55.7 Å². The van der Waals surface area contributed by atoms with Gasteiger partial charge in [0, 0.05) is 12.1 Å². The van der Waals surface area contributed by atoms with Crippen LogP contribution in [0.2, 0.25) is 0 Å². The number of piperazine rings is 1. The van der Waals surface area contributed by atoms with Crippen LogP contribution in [-0.2, 0) is 9.59 Å². The zero-order valence-electron chi connectivity index (χ0n) is 17.8. The van der Waals surface area contributed by atoms with Gasteiger partial charge in [0.2, 0.25) is 5.91 Å². The Bertz CT molecular complexity index is 842. The Morgan fingerprint density at radius 1 is 1.17 bits per heavy atom. The average molecular weight is 398 g/mol. The minimum atomic E-state index is -0.472. The third-order valence-corrected chi connectivity index (χ3v) is 6.43. The maximum Gasteiger partial charge on any atom is 0.268 e. The van der Waals surface area contributed by atoms with E-state index in [0.717, 1.165) is 54.8 Å². The van der Waals surface area contributed by atoms with Gasteiger partial charge >= 0.3 is 0 Å². The van der Waals surface area contributed by atoms with Gasteiger partial charge in [-0.05, 0) is 44.7 Å². The van der Waals surface area contributed by atoms with Crippen LogP contribution in [0.3, 0.4) is 0 Å². The highest BCUT2D eigenvalue weighted by Crippen LogP contribution is 2.35. The molecule has 7 nitrogen and oxygen atoms in total. The molecule has 1 aromatic carbocycles. The lowest BCUT2D eigenvalue weighted by atomic mass is 9.85. The first kappa shape index (κ1) is 19.7. The average Bonchev–Trinajstić information content (AvgIpc) is 3.12. The molecule has 0 radical (unpaired) electrons. The molecular weight excluding hydrogens is 366 g/mol. The van der Waals surface area contributed by atoms with E-state index in [-0.39, 0.29) is 30.4 Å². The van der Waals surface area contributed by atoms with Gasteiger partial charge < -0.3 is 15.1 Å². The van der Waals surface area contributed by atoms with Crippen LogP contribution >= 0.6 is 0 Å². The number of rotatable bonds is 4. The van der Waals surface area contributed by atoms with Crippen LogP contribution < -0.4 is 10.7 Å². The van der Waals surface area contributed by atoms with E-state index >= 15 is 0 Å². The molecule has 2 heterocycles. The molecule has 4 rings (SSSR count). The number of carbonyl (C=O) groups is 2. The van der Waals surface area contributed by atoms with Crippen molar-refractivity contribution in [2.45, 2.75) is 78.0 Å². The Morgan fingerprint density at radius 2 is 1.83 bits per heavy atom. The van der Waals surface area contributed by atoms with Crippen LogP contribution in [0.15, 0.2) is 17.2 Å². The molecule has 1 aliphatic carbocycles. The van der Waals surface area contributed by atoms with Crippen molar-refractivity contribution in [2.75, 3.05) is 11.9 Å². The standard InChI is InChI=1S/C22H31N5O2/c1-5-18-24-25-21-22(29)26(16-8-6-7-9-17(16)27(18)21)12-19(28)23-20-14(3)10-13(2)11-15(20)4/h10-11,16-17,21,25H,5-9,12H2,1-4H3,(H,23,28). The summed E-state index contributed by atoms with van der Waals surface area (Å²) in [4.78, 5) is 30.2. The summed E-state index contributed by atoms with van der Waals surface area (Å²) in [6.07, 6.45) is 4.53. The molecule has 2 N–H and O–H groups in total. The zero-order chi connectivity index (χ0) is 20.7. The molecule has 3 atom stereocenters. The number of nitrogens with one attached hydrogen (secondary N) is 2. The van der Waals surface area contributed by atoms with E-state index in [9.17, 15) is 9.59 Å². The molecule has 0 aromatic heterocycles. The van der Waals surface area contributed by atoms with Gasteiger partial charge in [-0.25, -0.2) is 0 Å². The zero-order valence-corrected chi connectivity index (χ0v) is 17.8. The summed E-state index contributed by atoms with van der Waals surface area (Å²) in [6, 6.07) is 4.43. The van der Waals surface area contributed by atoms with Crippen molar-refractivity contribution in [3.05, 3.63) is 28.8 Å². The van der Waals surface area contributed by atoms with Crippen LogP contribution in [0, 0.1) is 20.8 Å². The maximum absolute atomic E-state index is 13.3. The van der Waals surface area contributed by atoms with Gasteiger partial charge in [-0.15, -0.1) is 0 Å². The lowest BCUT2D eigenvalue weighted by molar-refractivity contribution is -0.151. The summed E-state index contributed by atoms with van der Waals surface area (Å²) in [5.74, 6) is 0.768. The maximum atomic E-state index is 13.3. The Balaban J connectivity index is 1.54. The van der Waals surface area contributed by atoms with Crippen molar-refractivity contribution >= 4 is 23.3 Å². The van der Waals surface area contributed by atoms with Crippen LogP contribution in [-0.4, -0.2) is 52.2 Å². The van der Waals surface area contributed by atoms with E-state index in [0.29, 0.717) is 0 Å². The first-order valence-electron chi connectivity index (χ1n) is 10.7. The van der Waals surface area contributed by atoms with Crippen LogP contribution in [0.25, 0.3) is 0 Å². The second kappa shape index (κ2) is 7.69. The molecule has 0 bridgehead atoms. The number of nitrogens with zero attached hydrogens (tertiary/aromatic N) is 3. The van der Waals surface area contributed by atoms with Crippen LogP contribution in [0.4, 0.5) is 5.69 Å². The fraction of sp³-hybridized carbons (Fsp3) is 0.591. The molecule has 0 spiro atoms. The van der Waals surface area contributed by atoms with Gasteiger partial charge in [-0.2, -0.15) is 5.10 Å². The topological polar surface area (TPSA) is 77.0 Å². The molecule has 1 aromatic rings. The number of amides is 2. The Morgan fingerprint density at radius 3 is 2.48 bits per heavy atom. The number of anilines is 1. The Hall–Kier alpha value is -2.57. The number of hydrazone groups is 1. The van der Waals surface area contributed by atoms with Crippen molar-refractivity contribution < 1.29 is 9.59 Å². The van der Waals surface area contributed by atoms with Crippen LogP contribution in [0.5, 0.6) is 0 Å². The minimum absolute atomic E-state index is 0.0483. The van der Waals surface area contributed by atoms with Gasteiger partial charge in [-0.1, -0.05) is 37.5 Å². The Labute approximate surface area is 172 Å². The highest BCUT2D eigenvalue weighted by Gasteiger charge is 2.50. The van der Waals surface area contributed by atoms with Crippen molar-refractivity contribution in [3.8, 4) is 0 Å². The molecular formula is C22H31N5O2. The van der Waals surface area contributed by atoms with E-state index in [2.05, 4.69) is 39.8 Å². The normalized spacial score (nSPS) is 25.9. The van der Waals surface area contributed by atoms with Crippen molar-refractivity contribution in [1.82, 2.24) is 15.2 Å². The van der Waals surface area contributed by atoms with E-state index in [1.54, 1.807) is 4.90 Å². The first-order chi connectivity index (χ1) is 13.9. The number of fused-ring (bicyclic) bond motifs is 3. The van der Waals surface area contributed by atoms with Gasteiger partial charge in [-0.3, -0.25) is 15.0 Å². The van der Waals surface area contributed by atoms with E-state index in [4.69, 9.17) is 0 Å². The van der Waals surface area contributed by atoms with Gasteiger partial charge in [0.15, 0.2) is 6.17 Å². The third-order valence-electron chi connectivity index (χ3n) is 6.43. The lowest BCUT2D eigenvalue weighted by Gasteiger charge is -2.51. The molecule has 2 aliphatic heterocycles. The SMILES string of the molecule is CCC1=NNC2C(=O)N(CC(=O)Nc3c(C)cc(C)cc3C)C3CCCCC3N12. The van der Waals surface area contributed by atoms with Gasteiger partial charge in [0.25, 0.3) is 5.91 Å². The van der Waals surface area contributed by atoms with Crippen molar-refractivity contribution in [2.24, 2.45) is 5.10 Å². The summed E-state index contributed by atoms with van der Waals surface area (Å²) in [7, 11) is 0. The predicted octanol–water partition coefficient (Wildman–Crippen LogP) is 2.66. The van der Waals surface area contributed by atoms with Gasteiger partial charge in [0.05, 0.1) is 12.1 Å². The molecule has 3 aliphatic rings. The summed E-state index contributed by atoms with van der Waals surface area (Å²) in [5.41, 5.74) is 7.12. The third kappa shape index (κ3) is 3.47. The van der Waals surface area contributed by atoms with E-state index in [1.165, 1.54) is 5.56 Å². The smallest absolute Gasteiger partial charge is 0.268 e. The fourth-order valence-electron chi connectivity index (χ4n) is 5.23. The molecule has 7 heteroatoms. The highest BCUT2D eigenvalue weighted by atomic mass is 16.2. The van der Waals surface area contributed by atoms with Crippen molar-refractivity contribution in [1.29, 1.82) is 0 Å². The molecule has 1 saturated heterocycles. The van der Waals surface area contributed by atoms with Gasteiger partial charge in [0.1, 0.15) is 12.4 Å². The molecule has 29 heavy (non-hydrogen) atoms. The van der Waals surface area contributed by atoms with Crippen molar-refractivity contribution in [3.63, 3.8) is 0 Å². The highest BCUT2D eigenvalue weighted by molar-refractivity contribution is 5.98. The number of carbonyl (C=O) groups excluding carboxylic acids is 2. The van der Waals surface area contributed by atoms with E-state index in [1.807, 2.05) is 20.8 Å². The molecule has 1 saturated carbocycles. The second-order valence-electron chi connectivity index (χ2n) is 8.53. The molecule has 3 unspecified atom stereocenters. The molecule has 2 fully saturated rings. The second-order valence-corrected chi connectivity index (χ2v) is 8.53. The Kier molecular flexibility index (Phi) is 5.23.